The van der Waals surface area contributed by atoms with Gasteiger partial charge in [0.2, 0.25) is 0 Å². The SMILES string of the molecule is Cc1cc(N(c2nc3ccc(S(=O)(=O)[O-])cc3s2)c2c(C)cc(C)c(S(=O)(=O)[O-])c2C)nc(Nc2c(C)cc(C)c(S(=O)(=O)[O-])c2C)c1N=Nc1c(C#N)c(C(C)(C)C)nn1-c1nc2cc[c-]cc2s1.[K+].[K+].[Na+].[Na+]. The van der Waals surface area contributed by atoms with Crippen molar-refractivity contribution in [1.82, 2.24) is 24.7 Å². The Balaban J connectivity index is 0.00000296. The zero-order valence-corrected chi connectivity index (χ0v) is 57.3. The normalized spacial score (nSPS) is 11.9. The van der Waals surface area contributed by atoms with Crippen LogP contribution in [0.1, 0.15) is 71.0 Å². The van der Waals surface area contributed by atoms with Gasteiger partial charge in [-0.05, 0) is 117 Å². The van der Waals surface area contributed by atoms with Gasteiger partial charge in [-0.1, -0.05) is 48.9 Å². The Kier molecular flexibility index (Phi) is 21.7. The maximum absolute atomic E-state index is 12.9. The van der Waals surface area contributed by atoms with Crippen LogP contribution in [0.4, 0.5) is 39.6 Å². The number of fused-ring (bicyclic) bond motifs is 2. The molecule has 4 aromatic heterocycles. The maximum Gasteiger partial charge on any atom is 1.00 e. The summed E-state index contributed by atoms with van der Waals surface area (Å²) >= 11 is 2.23. The first-order valence-electron chi connectivity index (χ1n) is 20.9. The Morgan fingerprint density at radius 2 is 1.34 bits per heavy atom. The fourth-order valence-electron chi connectivity index (χ4n) is 8.43. The van der Waals surface area contributed by atoms with Crippen LogP contribution in [0.3, 0.4) is 0 Å². The van der Waals surface area contributed by atoms with Crippen LogP contribution in [-0.2, 0) is 35.8 Å². The Bertz CT molecular complexity index is 3940. The first-order chi connectivity index (χ1) is 32.6. The standard InChI is InChI=1S/C46H43N10O9S5.2K.2Na/c1-22-17-25(4)39(69(60,61)62)27(6)36(22)51-42-37(52-53-43-30(21-47)41(46(8,9)10)54-56(43)45-49-31-13-11-12-14-33(31)66-45)23(2)19-35(50-42)55(38-24(3)18-26(5)40(28(38)7)70(63,64)65)44-48-32-16-15-29(68(57,58)59)20-34(32)67-44;;;;/h11,13-20H,1-10H3,(H,50,51)(H,57,58,59)(H,60,61,62)(H,63,64,65);;;;/q-1;4*+1/p-3. The number of benzene rings is 4. The summed E-state index contributed by atoms with van der Waals surface area (Å²) in [5.41, 5.74) is 2.97. The van der Waals surface area contributed by atoms with Crippen molar-refractivity contribution in [1.29, 1.82) is 5.26 Å². The van der Waals surface area contributed by atoms with Gasteiger partial charge < -0.3 is 19.0 Å². The molecule has 4 aromatic carbocycles. The largest absolute Gasteiger partial charge is 1.00 e. The Morgan fingerprint density at radius 1 is 0.730 bits per heavy atom. The van der Waals surface area contributed by atoms with Crippen molar-refractivity contribution in [2.24, 2.45) is 10.2 Å². The number of aryl methyl sites for hydroxylation is 5. The fourth-order valence-corrected chi connectivity index (χ4v) is 12.8. The van der Waals surface area contributed by atoms with Crippen molar-refractivity contribution in [2.45, 2.75) is 89.3 Å². The molecule has 362 valence electrons. The van der Waals surface area contributed by atoms with Crippen LogP contribution >= 0.6 is 22.7 Å². The third kappa shape index (κ3) is 13.1. The van der Waals surface area contributed by atoms with Gasteiger partial charge in [-0.2, -0.15) is 44.6 Å². The predicted octanol–water partition coefficient (Wildman–Crippen LogP) is -2.03. The number of nitriles is 1. The van der Waals surface area contributed by atoms with E-state index in [0.29, 0.717) is 33.0 Å². The molecule has 0 amide bonds. The van der Waals surface area contributed by atoms with Crippen molar-refractivity contribution in [3.63, 3.8) is 0 Å². The summed E-state index contributed by atoms with van der Waals surface area (Å²) in [6.45, 7) is 16.6. The molecule has 0 spiro atoms. The third-order valence-corrected chi connectivity index (χ3v) is 16.4. The van der Waals surface area contributed by atoms with E-state index in [1.807, 2.05) is 20.8 Å². The Hall–Kier alpha value is -1.29. The van der Waals surface area contributed by atoms with Crippen LogP contribution in [0.5, 0.6) is 0 Å². The molecule has 0 saturated carbocycles. The molecule has 0 aliphatic heterocycles. The number of rotatable bonds is 11. The van der Waals surface area contributed by atoms with E-state index in [-0.39, 0.29) is 240 Å². The van der Waals surface area contributed by atoms with Crippen molar-refractivity contribution in [2.75, 3.05) is 10.2 Å². The molecule has 0 fully saturated rings. The van der Waals surface area contributed by atoms with Gasteiger partial charge in [-0.15, -0.1) is 16.3 Å². The predicted molar refractivity (Wildman–Crippen MR) is 262 cm³/mol. The molecular formula is C46H40K2N10Na2O9S5. The fraction of sp³-hybridized carbons (Fsp3) is 0.239. The van der Waals surface area contributed by atoms with Crippen molar-refractivity contribution >= 4 is 113 Å². The first kappa shape index (κ1) is 65.2. The zero-order chi connectivity index (χ0) is 51.2. The molecule has 28 heteroatoms. The number of aromatic nitrogens is 5. The number of azo groups is 1. The third-order valence-electron chi connectivity index (χ3n) is 11.3. The summed E-state index contributed by atoms with van der Waals surface area (Å²) in [5.74, 6) is -0.0219. The number of hydrogen-bond donors (Lipinski definition) is 1. The van der Waals surface area contributed by atoms with E-state index < -0.39 is 50.5 Å². The summed E-state index contributed by atoms with van der Waals surface area (Å²) in [6.07, 6.45) is 0. The van der Waals surface area contributed by atoms with E-state index in [2.05, 4.69) is 22.6 Å². The first-order valence-corrected chi connectivity index (χ1v) is 26.7. The summed E-state index contributed by atoms with van der Waals surface area (Å²) in [5, 5.41) is 28.5. The maximum atomic E-state index is 12.9. The van der Waals surface area contributed by atoms with E-state index in [9.17, 15) is 44.2 Å². The van der Waals surface area contributed by atoms with E-state index in [1.54, 1.807) is 45.0 Å². The second-order valence-corrected chi connectivity index (χ2v) is 23.5. The molecule has 1 N–H and O–H groups in total. The summed E-state index contributed by atoms with van der Waals surface area (Å²) in [7, 11) is -15.0. The molecule has 0 bridgehead atoms. The van der Waals surface area contributed by atoms with Gasteiger partial charge >= 0.3 is 162 Å². The number of thiazole rings is 2. The van der Waals surface area contributed by atoms with Crippen LogP contribution in [0, 0.1) is 65.9 Å². The van der Waals surface area contributed by atoms with Gasteiger partial charge in [0.1, 0.15) is 53.5 Å². The number of pyridine rings is 1. The van der Waals surface area contributed by atoms with Gasteiger partial charge in [-0.25, -0.2) is 40.2 Å². The molecule has 0 radical (unpaired) electrons. The average Bonchev–Trinajstić information content (AvgIpc) is 3.96. The topological polar surface area (TPSA) is 292 Å². The molecule has 4 heterocycles. The van der Waals surface area contributed by atoms with Crippen molar-refractivity contribution < 1.29 is 201 Å². The average molecular weight is 1160 g/mol. The van der Waals surface area contributed by atoms with Crippen molar-refractivity contribution in [3.05, 3.63) is 111 Å². The van der Waals surface area contributed by atoms with E-state index in [4.69, 9.17) is 25.2 Å². The molecule has 0 aliphatic rings. The molecule has 74 heavy (non-hydrogen) atoms. The summed E-state index contributed by atoms with van der Waals surface area (Å²) < 4.78 is 116. The van der Waals surface area contributed by atoms with Crippen molar-refractivity contribution in [3.8, 4) is 11.2 Å². The number of hydrogen-bond acceptors (Lipinski definition) is 20. The van der Waals surface area contributed by atoms with Gasteiger partial charge in [0.15, 0.2) is 21.9 Å². The monoisotopic (exact) mass is 1160 g/mol. The van der Waals surface area contributed by atoms with Crippen LogP contribution in [0.15, 0.2) is 79.5 Å². The molecular weight excluding hydrogens is 1120 g/mol. The minimum atomic E-state index is -5.08. The molecule has 8 rings (SSSR count). The van der Waals surface area contributed by atoms with E-state index in [1.165, 1.54) is 66.8 Å². The Morgan fingerprint density at radius 3 is 1.92 bits per heavy atom. The number of nitrogens with zero attached hydrogens (tertiary/aromatic N) is 9. The zero-order valence-electron chi connectivity index (χ0n) is 42.9. The van der Waals surface area contributed by atoms with Crippen LogP contribution < -0.4 is 172 Å². The van der Waals surface area contributed by atoms with Gasteiger partial charge in [0.25, 0.3) is 0 Å². The molecule has 0 aliphatic carbocycles. The quantitative estimate of drug-likeness (QED) is 0.0633. The van der Waals surface area contributed by atoms with Crippen LogP contribution in [-0.4, -0.2) is 63.6 Å². The minimum absolute atomic E-state index is 0. The number of anilines is 5. The van der Waals surface area contributed by atoms with Gasteiger partial charge in [-0.3, -0.25) is 4.90 Å². The Labute approximate surface area is 566 Å². The molecule has 0 atom stereocenters. The van der Waals surface area contributed by atoms with Crippen LogP contribution in [0.25, 0.3) is 25.6 Å². The van der Waals surface area contributed by atoms with Crippen LogP contribution in [0.2, 0.25) is 0 Å². The second kappa shape index (κ2) is 24.6. The van der Waals surface area contributed by atoms with E-state index in [0.717, 1.165) is 28.2 Å². The minimum Gasteiger partial charge on any atom is -0.744 e. The smallest absolute Gasteiger partial charge is 0.744 e. The van der Waals surface area contributed by atoms with Gasteiger partial charge in [0.05, 0.1) is 36.3 Å². The molecule has 8 aromatic rings. The molecule has 0 saturated heterocycles. The summed E-state index contributed by atoms with van der Waals surface area (Å²) in [4.78, 5) is 14.6. The molecule has 0 unspecified atom stereocenters. The van der Waals surface area contributed by atoms with E-state index >= 15 is 0 Å². The van der Waals surface area contributed by atoms with Gasteiger partial charge in [0, 0.05) is 11.1 Å². The molecule has 19 nitrogen and oxygen atoms in total. The second-order valence-electron chi connectivity index (χ2n) is 17.5. The summed E-state index contributed by atoms with van der Waals surface area (Å²) in [6, 6.07) is 18.8. The number of nitrogens with one attached hydrogen (secondary N) is 1.